The van der Waals surface area contributed by atoms with Crippen molar-refractivity contribution >= 4 is 5.96 Å². The average molecular weight is 231 g/mol. The van der Waals surface area contributed by atoms with Crippen LogP contribution in [0, 0.1) is 5.92 Å². The predicted octanol–water partition coefficient (Wildman–Crippen LogP) is 1.93. The molecule has 0 aromatic heterocycles. The van der Waals surface area contributed by atoms with Crippen molar-refractivity contribution in [2.24, 2.45) is 16.6 Å². The Morgan fingerprint density at radius 3 is 2.76 bits per heavy atom. The Labute approximate surface area is 103 Å². The molecule has 0 spiro atoms. The first kappa shape index (κ1) is 12.0. The summed E-state index contributed by atoms with van der Waals surface area (Å²) in [4.78, 5) is 4.49. The van der Waals surface area contributed by atoms with E-state index in [1.165, 1.54) is 5.56 Å². The fraction of sp³-hybridized carbons (Fsp3) is 0.500. The lowest BCUT2D eigenvalue weighted by Crippen LogP contribution is -2.37. The van der Waals surface area contributed by atoms with Crippen molar-refractivity contribution in [3.05, 3.63) is 35.9 Å². The zero-order chi connectivity index (χ0) is 12.3. The second-order valence-corrected chi connectivity index (χ2v) is 5.07. The van der Waals surface area contributed by atoms with Crippen LogP contribution in [0.15, 0.2) is 35.3 Å². The van der Waals surface area contributed by atoms with E-state index >= 15 is 0 Å². The monoisotopic (exact) mass is 231 g/mol. The third kappa shape index (κ3) is 3.77. The number of nitrogens with zero attached hydrogens (tertiary/aromatic N) is 1. The summed E-state index contributed by atoms with van der Waals surface area (Å²) in [5.74, 6) is 1.26. The fourth-order valence-electron chi connectivity index (χ4n) is 2.04. The standard InChI is InChI=1S/C14H21N3/c1-10(2)16-14(15)17-13-9-12(13)8-11-6-4-3-5-7-11/h3-7,10,12-13H,8-9H2,1-2H3,(H3,15,16,17). The highest BCUT2D eigenvalue weighted by atomic mass is 15.1. The maximum Gasteiger partial charge on any atom is 0.189 e. The number of nitrogens with one attached hydrogen (secondary N) is 1. The van der Waals surface area contributed by atoms with Crippen molar-refractivity contribution in [2.45, 2.75) is 38.8 Å². The molecule has 0 amide bonds. The van der Waals surface area contributed by atoms with Crippen molar-refractivity contribution in [2.75, 3.05) is 0 Å². The number of hydrogen-bond donors (Lipinski definition) is 2. The summed E-state index contributed by atoms with van der Waals surface area (Å²) in [6.45, 7) is 4.13. The van der Waals surface area contributed by atoms with Crippen LogP contribution in [-0.2, 0) is 6.42 Å². The molecule has 2 unspecified atom stereocenters. The van der Waals surface area contributed by atoms with Gasteiger partial charge in [-0.25, -0.2) is 4.99 Å². The largest absolute Gasteiger partial charge is 0.370 e. The Morgan fingerprint density at radius 1 is 1.41 bits per heavy atom. The number of benzene rings is 1. The van der Waals surface area contributed by atoms with Gasteiger partial charge in [0.15, 0.2) is 5.96 Å². The Bertz CT molecular complexity index is 384. The van der Waals surface area contributed by atoms with E-state index < -0.39 is 0 Å². The van der Waals surface area contributed by atoms with Gasteiger partial charge in [-0.1, -0.05) is 30.3 Å². The third-order valence-electron chi connectivity index (χ3n) is 2.97. The minimum absolute atomic E-state index is 0.352. The minimum Gasteiger partial charge on any atom is -0.370 e. The molecule has 17 heavy (non-hydrogen) atoms. The molecule has 1 aromatic rings. The van der Waals surface area contributed by atoms with Gasteiger partial charge in [0.1, 0.15) is 0 Å². The molecular weight excluding hydrogens is 210 g/mol. The second-order valence-electron chi connectivity index (χ2n) is 5.07. The van der Waals surface area contributed by atoms with Crippen LogP contribution in [-0.4, -0.2) is 18.0 Å². The van der Waals surface area contributed by atoms with Crippen molar-refractivity contribution < 1.29 is 0 Å². The first-order valence-corrected chi connectivity index (χ1v) is 6.29. The van der Waals surface area contributed by atoms with Gasteiger partial charge in [0.2, 0.25) is 0 Å². The average Bonchev–Trinajstić information content (AvgIpc) is 2.96. The molecule has 0 radical (unpaired) electrons. The van der Waals surface area contributed by atoms with Gasteiger partial charge in [-0.3, -0.25) is 0 Å². The van der Waals surface area contributed by atoms with Gasteiger partial charge in [0.05, 0.1) is 6.04 Å². The Hall–Kier alpha value is -1.51. The van der Waals surface area contributed by atoms with Crippen molar-refractivity contribution in [1.82, 2.24) is 5.32 Å². The molecule has 1 saturated carbocycles. The van der Waals surface area contributed by atoms with E-state index in [-0.39, 0.29) is 0 Å². The molecule has 1 aromatic carbocycles. The third-order valence-corrected chi connectivity index (χ3v) is 2.97. The summed E-state index contributed by atoms with van der Waals surface area (Å²) in [6, 6.07) is 11.3. The molecule has 1 aliphatic carbocycles. The van der Waals surface area contributed by atoms with Crippen LogP contribution in [0.25, 0.3) is 0 Å². The van der Waals surface area contributed by atoms with E-state index in [9.17, 15) is 0 Å². The van der Waals surface area contributed by atoms with E-state index in [1.807, 2.05) is 0 Å². The van der Waals surface area contributed by atoms with Crippen LogP contribution in [0.4, 0.5) is 0 Å². The lowest BCUT2D eigenvalue weighted by atomic mass is 10.1. The molecular formula is C14H21N3. The van der Waals surface area contributed by atoms with Crippen LogP contribution in [0.1, 0.15) is 25.8 Å². The SMILES string of the molecule is CC(C)NC(N)=NC1CC1Cc1ccccc1. The topological polar surface area (TPSA) is 50.4 Å². The second kappa shape index (κ2) is 5.21. The molecule has 0 heterocycles. The van der Waals surface area contributed by atoms with E-state index in [0.29, 0.717) is 24.0 Å². The summed E-state index contributed by atoms with van der Waals surface area (Å²) in [5, 5.41) is 3.13. The predicted molar refractivity (Wildman–Crippen MR) is 71.9 cm³/mol. The number of hydrogen-bond acceptors (Lipinski definition) is 1. The van der Waals surface area contributed by atoms with Gasteiger partial charge in [-0.2, -0.15) is 0 Å². The van der Waals surface area contributed by atoms with Crippen molar-refractivity contribution in [3.8, 4) is 0 Å². The van der Waals surface area contributed by atoms with Gasteiger partial charge in [0, 0.05) is 6.04 Å². The summed E-state index contributed by atoms with van der Waals surface area (Å²) in [6.07, 6.45) is 2.28. The van der Waals surface area contributed by atoms with Crippen molar-refractivity contribution in [3.63, 3.8) is 0 Å². The summed E-state index contributed by atoms with van der Waals surface area (Å²) in [5.41, 5.74) is 7.20. The Morgan fingerprint density at radius 2 is 2.12 bits per heavy atom. The van der Waals surface area contributed by atoms with Gasteiger partial charge < -0.3 is 11.1 Å². The van der Waals surface area contributed by atoms with E-state index in [4.69, 9.17) is 5.73 Å². The first-order chi connectivity index (χ1) is 8.15. The van der Waals surface area contributed by atoms with Crippen LogP contribution in [0.5, 0.6) is 0 Å². The van der Waals surface area contributed by atoms with Gasteiger partial charge >= 0.3 is 0 Å². The highest BCUT2D eigenvalue weighted by molar-refractivity contribution is 5.78. The lowest BCUT2D eigenvalue weighted by Gasteiger charge is -2.08. The number of guanidine groups is 1. The fourth-order valence-corrected chi connectivity index (χ4v) is 2.04. The van der Waals surface area contributed by atoms with Crippen LogP contribution in [0.2, 0.25) is 0 Å². The molecule has 1 fully saturated rings. The highest BCUT2D eigenvalue weighted by Crippen LogP contribution is 2.36. The normalized spacial score (nSPS) is 23.8. The van der Waals surface area contributed by atoms with E-state index in [1.54, 1.807) is 0 Å². The number of nitrogens with two attached hydrogens (primary N) is 1. The maximum absolute atomic E-state index is 5.81. The van der Waals surface area contributed by atoms with Gasteiger partial charge in [-0.05, 0) is 38.2 Å². The van der Waals surface area contributed by atoms with Crippen molar-refractivity contribution in [1.29, 1.82) is 0 Å². The molecule has 0 saturated heterocycles. The van der Waals surface area contributed by atoms with E-state index in [0.717, 1.165) is 12.8 Å². The maximum atomic E-state index is 5.81. The van der Waals surface area contributed by atoms with Crippen LogP contribution in [0.3, 0.4) is 0 Å². The summed E-state index contributed by atoms with van der Waals surface area (Å²) < 4.78 is 0. The molecule has 92 valence electrons. The molecule has 2 atom stereocenters. The molecule has 3 heteroatoms. The zero-order valence-electron chi connectivity index (χ0n) is 10.6. The molecule has 1 aliphatic rings. The summed E-state index contributed by atoms with van der Waals surface area (Å²) >= 11 is 0. The lowest BCUT2D eigenvalue weighted by molar-refractivity contribution is 0.716. The molecule has 0 aliphatic heterocycles. The Balaban J connectivity index is 1.81. The van der Waals surface area contributed by atoms with Gasteiger partial charge in [0.25, 0.3) is 0 Å². The smallest absolute Gasteiger partial charge is 0.189 e. The molecule has 3 nitrogen and oxygen atoms in total. The highest BCUT2D eigenvalue weighted by Gasteiger charge is 2.36. The number of rotatable bonds is 4. The minimum atomic E-state index is 0.352. The molecule has 2 rings (SSSR count). The van der Waals surface area contributed by atoms with Crippen LogP contribution >= 0.6 is 0 Å². The molecule has 3 N–H and O–H groups in total. The Kier molecular flexibility index (Phi) is 3.67. The van der Waals surface area contributed by atoms with Crippen LogP contribution < -0.4 is 11.1 Å². The summed E-state index contributed by atoms with van der Waals surface area (Å²) in [7, 11) is 0. The molecule has 0 bridgehead atoms. The van der Waals surface area contributed by atoms with E-state index in [2.05, 4.69) is 54.5 Å². The first-order valence-electron chi connectivity index (χ1n) is 6.29. The van der Waals surface area contributed by atoms with Gasteiger partial charge in [-0.15, -0.1) is 0 Å². The quantitative estimate of drug-likeness (QED) is 0.614. The zero-order valence-corrected chi connectivity index (χ0v) is 10.6. The number of aliphatic imine (C=N–C) groups is 1.